The minimum absolute atomic E-state index is 0.213. The van der Waals surface area contributed by atoms with E-state index in [4.69, 9.17) is 4.74 Å². The van der Waals surface area contributed by atoms with E-state index in [2.05, 4.69) is 29.0 Å². The second-order valence-corrected chi connectivity index (χ2v) is 8.43. The fourth-order valence-corrected chi connectivity index (χ4v) is 4.90. The number of ether oxygens (including phenoxy) is 1. The van der Waals surface area contributed by atoms with Crippen LogP contribution in [0, 0.1) is 5.92 Å². The first-order valence-corrected chi connectivity index (χ1v) is 10.5. The van der Waals surface area contributed by atoms with Gasteiger partial charge in [-0.25, -0.2) is 0 Å². The summed E-state index contributed by atoms with van der Waals surface area (Å²) in [6.45, 7) is 10.3. The zero-order chi connectivity index (χ0) is 17.6. The molecule has 5 nitrogen and oxygen atoms in total. The van der Waals surface area contributed by atoms with Crippen LogP contribution >= 0.6 is 0 Å². The summed E-state index contributed by atoms with van der Waals surface area (Å²) in [5.41, 5.74) is 0. The van der Waals surface area contributed by atoms with Crippen molar-refractivity contribution in [3.05, 3.63) is 0 Å². The molecule has 1 saturated carbocycles. The van der Waals surface area contributed by atoms with Crippen molar-refractivity contribution >= 4 is 5.91 Å². The number of rotatable bonds is 6. The summed E-state index contributed by atoms with van der Waals surface area (Å²) >= 11 is 0. The van der Waals surface area contributed by atoms with Crippen molar-refractivity contribution in [3.63, 3.8) is 0 Å². The molecule has 2 saturated heterocycles. The molecule has 0 spiro atoms. The van der Waals surface area contributed by atoms with Gasteiger partial charge in [-0.15, -0.1) is 0 Å². The van der Waals surface area contributed by atoms with Crippen molar-refractivity contribution in [2.75, 3.05) is 39.3 Å². The molecule has 1 aliphatic carbocycles. The zero-order valence-corrected chi connectivity index (χ0v) is 16.2. The van der Waals surface area contributed by atoms with Gasteiger partial charge < -0.3 is 10.1 Å². The summed E-state index contributed by atoms with van der Waals surface area (Å²) in [4.78, 5) is 17.5. The maximum atomic E-state index is 12.5. The number of carbonyl (C=O) groups is 1. The third-order valence-electron chi connectivity index (χ3n) is 6.13. The van der Waals surface area contributed by atoms with Gasteiger partial charge in [0.15, 0.2) is 0 Å². The molecule has 3 atom stereocenters. The van der Waals surface area contributed by atoms with E-state index in [9.17, 15) is 4.79 Å². The molecule has 3 fully saturated rings. The highest BCUT2D eigenvalue weighted by Crippen LogP contribution is 2.27. The van der Waals surface area contributed by atoms with Crippen molar-refractivity contribution in [1.29, 1.82) is 0 Å². The van der Waals surface area contributed by atoms with E-state index in [0.29, 0.717) is 12.2 Å². The zero-order valence-electron chi connectivity index (χ0n) is 16.2. The van der Waals surface area contributed by atoms with E-state index in [1.54, 1.807) is 0 Å². The van der Waals surface area contributed by atoms with Crippen molar-refractivity contribution in [1.82, 2.24) is 15.1 Å². The minimum Gasteiger partial charge on any atom is -0.373 e. The quantitative estimate of drug-likeness (QED) is 0.746. The fraction of sp³-hybridized carbons (Fsp3) is 0.950. The smallest absolute Gasteiger partial charge is 0.224 e. The van der Waals surface area contributed by atoms with Crippen LogP contribution in [0.5, 0.6) is 0 Å². The molecule has 2 aliphatic heterocycles. The fourth-order valence-electron chi connectivity index (χ4n) is 4.90. The van der Waals surface area contributed by atoms with Crippen LogP contribution in [-0.2, 0) is 9.53 Å². The lowest BCUT2D eigenvalue weighted by Gasteiger charge is -2.35. The van der Waals surface area contributed by atoms with Gasteiger partial charge in [0.1, 0.15) is 0 Å². The topological polar surface area (TPSA) is 44.8 Å². The summed E-state index contributed by atoms with van der Waals surface area (Å²) in [7, 11) is 0. The predicted octanol–water partition coefficient (Wildman–Crippen LogP) is 2.26. The minimum atomic E-state index is 0.213. The van der Waals surface area contributed by atoms with Gasteiger partial charge >= 0.3 is 0 Å². The van der Waals surface area contributed by atoms with Gasteiger partial charge in [-0.1, -0.05) is 19.3 Å². The second-order valence-electron chi connectivity index (χ2n) is 8.43. The van der Waals surface area contributed by atoms with E-state index in [1.165, 1.54) is 32.1 Å². The summed E-state index contributed by atoms with van der Waals surface area (Å²) in [6, 6.07) is 0.747. The Hall–Kier alpha value is -0.650. The summed E-state index contributed by atoms with van der Waals surface area (Å²) in [5.74, 6) is 0.493. The molecular weight excluding hydrogens is 314 g/mol. The van der Waals surface area contributed by atoms with E-state index in [0.717, 1.165) is 58.2 Å². The maximum Gasteiger partial charge on any atom is 0.224 e. The standard InChI is InChI=1S/C20H37N3O2/c1-16-13-22(14-17(2)25-16)11-6-10-21-20(24)18-9-12-23(15-18)19-7-4-3-5-8-19/h16-19H,3-15H2,1-2H3,(H,21,24)/t16-,17-,18+/m1/s1. The maximum absolute atomic E-state index is 12.5. The highest BCUT2D eigenvalue weighted by molar-refractivity contribution is 5.79. The van der Waals surface area contributed by atoms with Crippen LogP contribution in [0.3, 0.4) is 0 Å². The van der Waals surface area contributed by atoms with Crippen LogP contribution in [-0.4, -0.2) is 73.2 Å². The van der Waals surface area contributed by atoms with Gasteiger partial charge in [0.25, 0.3) is 0 Å². The average Bonchev–Trinajstić information content (AvgIpc) is 3.09. The molecule has 0 aromatic rings. The Labute approximate surface area is 153 Å². The number of nitrogens with one attached hydrogen (secondary N) is 1. The van der Waals surface area contributed by atoms with Crippen molar-refractivity contribution in [3.8, 4) is 0 Å². The number of nitrogens with zero attached hydrogens (tertiary/aromatic N) is 2. The van der Waals surface area contributed by atoms with Gasteiger partial charge in [0, 0.05) is 38.8 Å². The van der Waals surface area contributed by atoms with Crippen LogP contribution in [0.15, 0.2) is 0 Å². The Morgan fingerprint density at radius 2 is 1.76 bits per heavy atom. The number of amides is 1. The Morgan fingerprint density at radius 1 is 1.04 bits per heavy atom. The number of likely N-dealkylation sites (tertiary alicyclic amines) is 1. The molecule has 0 unspecified atom stereocenters. The van der Waals surface area contributed by atoms with E-state index in [1.807, 2.05) is 0 Å². The lowest BCUT2D eigenvalue weighted by molar-refractivity contribution is -0.124. The predicted molar refractivity (Wildman–Crippen MR) is 101 cm³/mol. The normalized spacial score (nSPS) is 32.8. The van der Waals surface area contributed by atoms with E-state index < -0.39 is 0 Å². The molecule has 0 aromatic heterocycles. The number of carbonyl (C=O) groups excluding carboxylic acids is 1. The van der Waals surface area contributed by atoms with Crippen LogP contribution < -0.4 is 5.32 Å². The lowest BCUT2D eigenvalue weighted by atomic mass is 9.94. The Kier molecular flexibility index (Phi) is 7.14. The summed E-state index contributed by atoms with van der Waals surface area (Å²) < 4.78 is 5.77. The Balaban J connectivity index is 1.30. The summed E-state index contributed by atoms with van der Waals surface area (Å²) in [6.07, 6.45) is 9.54. The molecule has 2 heterocycles. The Bertz CT molecular complexity index is 415. The first-order valence-electron chi connectivity index (χ1n) is 10.5. The van der Waals surface area contributed by atoms with E-state index in [-0.39, 0.29) is 11.8 Å². The monoisotopic (exact) mass is 351 g/mol. The molecule has 0 aromatic carbocycles. The van der Waals surface area contributed by atoms with Gasteiger partial charge in [-0.2, -0.15) is 0 Å². The second kappa shape index (κ2) is 9.33. The van der Waals surface area contributed by atoms with Gasteiger partial charge in [-0.3, -0.25) is 14.6 Å². The van der Waals surface area contributed by atoms with Crippen LogP contribution in [0.2, 0.25) is 0 Å². The molecular formula is C20H37N3O2. The third kappa shape index (κ3) is 5.66. The molecule has 144 valence electrons. The SMILES string of the molecule is C[C@@H]1CN(CCCNC(=O)[C@H]2CCN(C3CCCCC3)C2)C[C@@H](C)O1. The molecule has 0 radical (unpaired) electrons. The first kappa shape index (κ1) is 19.1. The van der Waals surface area contributed by atoms with Crippen molar-refractivity contribution in [2.24, 2.45) is 5.92 Å². The number of hydrogen-bond donors (Lipinski definition) is 1. The average molecular weight is 352 g/mol. The molecule has 0 bridgehead atoms. The highest BCUT2D eigenvalue weighted by Gasteiger charge is 2.32. The molecule has 3 rings (SSSR count). The number of morpholine rings is 1. The van der Waals surface area contributed by atoms with Crippen LogP contribution in [0.1, 0.15) is 58.8 Å². The van der Waals surface area contributed by atoms with Gasteiger partial charge in [0.2, 0.25) is 5.91 Å². The van der Waals surface area contributed by atoms with E-state index >= 15 is 0 Å². The highest BCUT2D eigenvalue weighted by atomic mass is 16.5. The van der Waals surface area contributed by atoms with Gasteiger partial charge in [-0.05, 0) is 46.1 Å². The lowest BCUT2D eigenvalue weighted by Crippen LogP contribution is -2.46. The molecule has 3 aliphatic rings. The third-order valence-corrected chi connectivity index (χ3v) is 6.13. The van der Waals surface area contributed by atoms with Crippen LogP contribution in [0.25, 0.3) is 0 Å². The summed E-state index contributed by atoms with van der Waals surface area (Å²) in [5, 5.41) is 3.19. The van der Waals surface area contributed by atoms with Gasteiger partial charge in [0.05, 0.1) is 18.1 Å². The molecule has 1 amide bonds. The largest absolute Gasteiger partial charge is 0.373 e. The Morgan fingerprint density at radius 3 is 2.48 bits per heavy atom. The van der Waals surface area contributed by atoms with Crippen molar-refractivity contribution < 1.29 is 9.53 Å². The molecule has 5 heteroatoms. The molecule has 1 N–H and O–H groups in total. The first-order chi connectivity index (χ1) is 12.1. The van der Waals surface area contributed by atoms with Crippen molar-refractivity contribution in [2.45, 2.75) is 77.0 Å². The molecule has 25 heavy (non-hydrogen) atoms. The van der Waals surface area contributed by atoms with Crippen LogP contribution in [0.4, 0.5) is 0 Å². The number of hydrogen-bond acceptors (Lipinski definition) is 4.